The van der Waals surface area contributed by atoms with Gasteiger partial charge in [-0.05, 0) is 56.0 Å². The second kappa shape index (κ2) is 9.06. The van der Waals surface area contributed by atoms with Crippen LogP contribution in [-0.4, -0.2) is 43.6 Å². The van der Waals surface area contributed by atoms with Gasteiger partial charge in [-0.1, -0.05) is 11.6 Å². The smallest absolute Gasteiger partial charge is 0.322 e. The molecule has 7 nitrogen and oxygen atoms in total. The summed E-state index contributed by atoms with van der Waals surface area (Å²) in [6.45, 7) is 0.640. The number of hydrogen-bond acceptors (Lipinski definition) is 4. The van der Waals surface area contributed by atoms with Crippen LogP contribution >= 0.6 is 11.6 Å². The molecule has 3 amide bonds. The molecular weight excluding hydrogens is 418 g/mol. The predicted octanol–water partition coefficient (Wildman–Crippen LogP) is 4.62. The van der Waals surface area contributed by atoms with E-state index in [9.17, 15) is 9.59 Å². The number of rotatable bonds is 6. The molecule has 2 N–H and O–H groups in total. The molecule has 0 spiro atoms. The molecule has 0 bridgehead atoms. The maximum Gasteiger partial charge on any atom is 0.322 e. The summed E-state index contributed by atoms with van der Waals surface area (Å²) in [6.07, 6.45) is 3.76. The van der Waals surface area contributed by atoms with Crippen molar-refractivity contribution in [3.8, 4) is 11.5 Å². The number of ether oxygens (including phenoxy) is 2. The Kier molecular flexibility index (Phi) is 6.23. The SMILES string of the molecule is COc1ccc([C@H]2CCCN2C(=O)Nc2ccc(C(=O)NC3CC3)c(Cl)c2)c(OC)c1. The Balaban J connectivity index is 1.48. The molecule has 2 aromatic carbocycles. The first-order chi connectivity index (χ1) is 15.0. The minimum Gasteiger partial charge on any atom is -0.497 e. The fraction of sp³-hybridized carbons (Fsp3) is 0.391. The molecule has 1 saturated heterocycles. The molecule has 0 unspecified atom stereocenters. The lowest BCUT2D eigenvalue weighted by atomic mass is 10.0. The van der Waals surface area contributed by atoms with Gasteiger partial charge in [0.15, 0.2) is 0 Å². The Morgan fingerprint density at radius 2 is 1.87 bits per heavy atom. The number of likely N-dealkylation sites (tertiary alicyclic amines) is 1. The van der Waals surface area contributed by atoms with Gasteiger partial charge < -0.3 is 25.0 Å². The fourth-order valence-electron chi connectivity index (χ4n) is 3.89. The molecule has 0 radical (unpaired) electrons. The van der Waals surface area contributed by atoms with Crippen LogP contribution in [0.5, 0.6) is 11.5 Å². The average molecular weight is 444 g/mol. The second-order valence-corrected chi connectivity index (χ2v) is 8.24. The lowest BCUT2D eigenvalue weighted by Gasteiger charge is -2.27. The van der Waals surface area contributed by atoms with E-state index in [4.69, 9.17) is 21.1 Å². The normalized spacial score (nSPS) is 17.9. The van der Waals surface area contributed by atoms with Crippen LogP contribution in [0, 0.1) is 0 Å². The molecule has 1 aliphatic carbocycles. The van der Waals surface area contributed by atoms with E-state index in [1.165, 1.54) is 0 Å². The molecule has 8 heteroatoms. The molecule has 1 aliphatic heterocycles. The molecule has 1 saturated carbocycles. The summed E-state index contributed by atoms with van der Waals surface area (Å²) in [6, 6.07) is 10.5. The highest BCUT2D eigenvalue weighted by Crippen LogP contribution is 2.39. The summed E-state index contributed by atoms with van der Waals surface area (Å²) < 4.78 is 10.8. The summed E-state index contributed by atoms with van der Waals surface area (Å²) in [5, 5.41) is 6.14. The lowest BCUT2D eigenvalue weighted by Crippen LogP contribution is -2.34. The Morgan fingerprint density at radius 3 is 2.55 bits per heavy atom. The first-order valence-corrected chi connectivity index (χ1v) is 10.8. The molecule has 1 heterocycles. The second-order valence-electron chi connectivity index (χ2n) is 7.83. The van der Waals surface area contributed by atoms with Gasteiger partial charge in [0.05, 0.1) is 30.8 Å². The van der Waals surface area contributed by atoms with E-state index in [1.807, 2.05) is 18.2 Å². The van der Waals surface area contributed by atoms with Crippen LogP contribution in [0.25, 0.3) is 0 Å². The van der Waals surface area contributed by atoms with Crippen molar-refractivity contribution in [1.82, 2.24) is 10.2 Å². The van der Waals surface area contributed by atoms with Crippen molar-refractivity contribution in [1.29, 1.82) is 0 Å². The molecule has 4 rings (SSSR count). The van der Waals surface area contributed by atoms with Gasteiger partial charge in [-0.2, -0.15) is 0 Å². The van der Waals surface area contributed by atoms with E-state index >= 15 is 0 Å². The molecule has 31 heavy (non-hydrogen) atoms. The number of carbonyl (C=O) groups excluding carboxylic acids is 2. The van der Waals surface area contributed by atoms with Gasteiger partial charge in [0.25, 0.3) is 5.91 Å². The van der Waals surface area contributed by atoms with E-state index in [0.717, 1.165) is 31.2 Å². The highest BCUT2D eigenvalue weighted by molar-refractivity contribution is 6.34. The topological polar surface area (TPSA) is 79.9 Å². The Labute approximate surface area is 186 Å². The summed E-state index contributed by atoms with van der Waals surface area (Å²) in [7, 11) is 3.22. The van der Waals surface area contributed by atoms with Crippen LogP contribution in [0.15, 0.2) is 36.4 Å². The monoisotopic (exact) mass is 443 g/mol. The van der Waals surface area contributed by atoms with Crippen LogP contribution in [0.4, 0.5) is 10.5 Å². The molecule has 0 aromatic heterocycles. The molecule has 2 aromatic rings. The number of hydrogen-bond donors (Lipinski definition) is 2. The van der Waals surface area contributed by atoms with Crippen LogP contribution in [-0.2, 0) is 0 Å². The van der Waals surface area contributed by atoms with Crippen LogP contribution in [0.2, 0.25) is 5.02 Å². The third-order valence-electron chi connectivity index (χ3n) is 5.69. The minimum absolute atomic E-state index is 0.0973. The largest absolute Gasteiger partial charge is 0.497 e. The van der Waals surface area contributed by atoms with Crippen molar-refractivity contribution in [2.24, 2.45) is 0 Å². The van der Waals surface area contributed by atoms with Crippen molar-refractivity contribution >= 4 is 29.2 Å². The zero-order chi connectivity index (χ0) is 22.0. The molecule has 164 valence electrons. The number of halogens is 1. The fourth-order valence-corrected chi connectivity index (χ4v) is 4.16. The highest BCUT2D eigenvalue weighted by Gasteiger charge is 2.32. The first-order valence-electron chi connectivity index (χ1n) is 10.4. The van der Waals surface area contributed by atoms with E-state index in [-0.39, 0.29) is 24.0 Å². The summed E-state index contributed by atoms with van der Waals surface area (Å²) in [4.78, 5) is 27.1. The standard InChI is InChI=1S/C23H26ClN3O4/c1-30-16-8-10-18(21(13-16)31-2)20-4-3-11-27(20)23(29)26-15-7-9-17(19(24)12-15)22(28)25-14-5-6-14/h7-10,12-14,20H,3-6,11H2,1-2H3,(H,25,28)(H,26,29)/t20-/m1/s1. The summed E-state index contributed by atoms with van der Waals surface area (Å²) in [5.74, 6) is 1.21. The van der Waals surface area contributed by atoms with Crippen molar-refractivity contribution in [2.75, 3.05) is 26.1 Å². The molecular formula is C23H26ClN3O4. The predicted molar refractivity (Wildman–Crippen MR) is 119 cm³/mol. The third kappa shape index (κ3) is 4.71. The van der Waals surface area contributed by atoms with Gasteiger partial charge in [-0.3, -0.25) is 4.79 Å². The van der Waals surface area contributed by atoms with E-state index in [1.54, 1.807) is 37.3 Å². The van der Waals surface area contributed by atoms with Gasteiger partial charge in [0, 0.05) is 29.9 Å². The first kappa shape index (κ1) is 21.3. The van der Waals surface area contributed by atoms with Crippen LogP contribution in [0.1, 0.15) is 47.6 Å². The average Bonchev–Trinajstić information content (AvgIpc) is 3.44. The Morgan fingerprint density at radius 1 is 1.06 bits per heavy atom. The van der Waals surface area contributed by atoms with Gasteiger partial charge in [-0.25, -0.2) is 4.79 Å². The summed E-state index contributed by atoms with van der Waals surface area (Å²) >= 11 is 6.31. The zero-order valence-corrected chi connectivity index (χ0v) is 18.4. The van der Waals surface area contributed by atoms with Gasteiger partial charge in [0.2, 0.25) is 0 Å². The van der Waals surface area contributed by atoms with Crippen molar-refractivity contribution in [2.45, 2.75) is 37.8 Å². The van der Waals surface area contributed by atoms with Crippen molar-refractivity contribution in [3.63, 3.8) is 0 Å². The zero-order valence-electron chi connectivity index (χ0n) is 17.6. The third-order valence-corrected chi connectivity index (χ3v) is 6.00. The molecule has 2 aliphatic rings. The van der Waals surface area contributed by atoms with E-state index in [2.05, 4.69) is 10.6 Å². The number of carbonyl (C=O) groups is 2. The Hall–Kier alpha value is -2.93. The van der Waals surface area contributed by atoms with E-state index in [0.29, 0.717) is 34.3 Å². The Bertz CT molecular complexity index is 993. The number of nitrogens with zero attached hydrogens (tertiary/aromatic N) is 1. The minimum atomic E-state index is -0.216. The molecule has 2 fully saturated rings. The van der Waals surface area contributed by atoms with Crippen LogP contribution < -0.4 is 20.1 Å². The number of nitrogens with one attached hydrogen (secondary N) is 2. The highest BCUT2D eigenvalue weighted by atomic mass is 35.5. The van der Waals surface area contributed by atoms with Crippen LogP contribution in [0.3, 0.4) is 0 Å². The van der Waals surface area contributed by atoms with E-state index < -0.39 is 0 Å². The van der Waals surface area contributed by atoms with Crippen molar-refractivity contribution in [3.05, 3.63) is 52.5 Å². The number of amides is 3. The lowest BCUT2D eigenvalue weighted by molar-refractivity contribution is 0.0951. The summed E-state index contributed by atoms with van der Waals surface area (Å²) in [5.41, 5.74) is 1.90. The number of benzene rings is 2. The maximum atomic E-state index is 13.0. The van der Waals surface area contributed by atoms with Gasteiger partial charge in [-0.15, -0.1) is 0 Å². The maximum absolute atomic E-state index is 13.0. The van der Waals surface area contributed by atoms with Gasteiger partial charge >= 0.3 is 6.03 Å². The van der Waals surface area contributed by atoms with Gasteiger partial charge in [0.1, 0.15) is 11.5 Å². The number of urea groups is 1. The molecule has 1 atom stereocenters. The van der Waals surface area contributed by atoms with Crippen molar-refractivity contribution < 1.29 is 19.1 Å². The number of anilines is 1. The quantitative estimate of drug-likeness (QED) is 0.682. The number of methoxy groups -OCH3 is 2.